The van der Waals surface area contributed by atoms with Crippen LogP contribution in [0.4, 0.5) is 0 Å². The van der Waals surface area contributed by atoms with Crippen molar-refractivity contribution in [3.8, 4) is 0 Å². The van der Waals surface area contributed by atoms with E-state index in [1.807, 2.05) is 0 Å². The molecule has 0 bridgehead atoms. The second-order valence-electron chi connectivity index (χ2n) is 5.26. The molecule has 3 aliphatic rings. The molecule has 0 unspecified atom stereocenters. The zero-order valence-electron chi connectivity index (χ0n) is 9.21. The average Bonchev–Trinajstić information content (AvgIpc) is 2.67. The van der Waals surface area contributed by atoms with Crippen molar-refractivity contribution in [1.29, 1.82) is 0 Å². The summed E-state index contributed by atoms with van der Waals surface area (Å²) < 4.78 is 11.7. The monoisotopic (exact) mass is 212 g/mol. The molecule has 2 aliphatic carbocycles. The first kappa shape index (κ1) is 10.1. The summed E-state index contributed by atoms with van der Waals surface area (Å²) in [6.45, 7) is 1.40. The molecule has 3 rings (SSSR count). The van der Waals surface area contributed by atoms with Crippen LogP contribution in [0.15, 0.2) is 0 Å². The molecule has 0 aromatic heterocycles. The summed E-state index contributed by atoms with van der Waals surface area (Å²) in [5.41, 5.74) is -0.499. The fourth-order valence-corrected chi connectivity index (χ4v) is 3.78. The van der Waals surface area contributed by atoms with Crippen LogP contribution >= 0.6 is 0 Å². The Morgan fingerprint density at radius 3 is 2.47 bits per heavy atom. The highest BCUT2D eigenvalue weighted by Crippen LogP contribution is 2.51. The topological polar surface area (TPSA) is 38.7 Å². The predicted octanol–water partition coefficient (Wildman–Crippen LogP) is 1.83. The lowest BCUT2D eigenvalue weighted by atomic mass is 9.64. The Bertz CT molecular complexity index is 243. The van der Waals surface area contributed by atoms with E-state index < -0.39 is 11.4 Å². The number of fused-ring (bicyclic) bond motifs is 2. The van der Waals surface area contributed by atoms with Gasteiger partial charge in [0, 0.05) is 12.3 Å². The first-order valence-corrected chi connectivity index (χ1v) is 6.26. The molecule has 1 N–H and O–H groups in total. The Labute approximate surface area is 90.8 Å². The second-order valence-corrected chi connectivity index (χ2v) is 5.26. The molecule has 0 aromatic carbocycles. The van der Waals surface area contributed by atoms with E-state index in [1.54, 1.807) is 0 Å². The Balaban J connectivity index is 1.89. The summed E-state index contributed by atoms with van der Waals surface area (Å²) in [5, 5.41) is 10.7. The van der Waals surface area contributed by atoms with Crippen molar-refractivity contribution in [2.24, 2.45) is 5.92 Å². The summed E-state index contributed by atoms with van der Waals surface area (Å²) in [6, 6.07) is 0. The number of rotatable bonds is 0. The fourth-order valence-electron chi connectivity index (χ4n) is 3.78. The minimum Gasteiger partial charge on any atom is -0.389 e. The van der Waals surface area contributed by atoms with Crippen LogP contribution in [0.25, 0.3) is 0 Å². The van der Waals surface area contributed by atoms with Gasteiger partial charge in [0.15, 0.2) is 5.79 Å². The average molecular weight is 212 g/mol. The Hall–Kier alpha value is -0.120. The van der Waals surface area contributed by atoms with E-state index in [2.05, 4.69) is 0 Å². The molecule has 2 atom stereocenters. The molecule has 2 saturated carbocycles. The lowest BCUT2D eigenvalue weighted by molar-refractivity contribution is -0.271. The van der Waals surface area contributed by atoms with Crippen molar-refractivity contribution in [1.82, 2.24) is 0 Å². The maximum Gasteiger partial charge on any atom is 0.174 e. The molecule has 1 aliphatic heterocycles. The smallest absolute Gasteiger partial charge is 0.174 e. The highest BCUT2D eigenvalue weighted by molar-refractivity contribution is 5.02. The van der Waals surface area contributed by atoms with Crippen LogP contribution in [0.3, 0.4) is 0 Å². The molecule has 0 aromatic rings. The zero-order chi connectivity index (χ0) is 10.4. The Morgan fingerprint density at radius 2 is 1.67 bits per heavy atom. The minimum atomic E-state index is -0.499. The third-order valence-corrected chi connectivity index (χ3v) is 4.44. The van der Waals surface area contributed by atoms with Gasteiger partial charge in [0.25, 0.3) is 0 Å². The molecule has 3 nitrogen and oxygen atoms in total. The first-order valence-electron chi connectivity index (χ1n) is 6.26. The highest BCUT2D eigenvalue weighted by atomic mass is 16.7. The van der Waals surface area contributed by atoms with Gasteiger partial charge in [-0.15, -0.1) is 0 Å². The van der Waals surface area contributed by atoms with Gasteiger partial charge in [-0.2, -0.15) is 0 Å². The Morgan fingerprint density at radius 1 is 0.933 bits per heavy atom. The molecule has 3 fully saturated rings. The molecule has 3 heteroatoms. The number of hydrogen-bond acceptors (Lipinski definition) is 3. The summed E-state index contributed by atoms with van der Waals surface area (Å²) >= 11 is 0. The van der Waals surface area contributed by atoms with Crippen LogP contribution in [0.5, 0.6) is 0 Å². The largest absolute Gasteiger partial charge is 0.389 e. The van der Waals surface area contributed by atoms with Crippen molar-refractivity contribution >= 4 is 0 Å². The summed E-state index contributed by atoms with van der Waals surface area (Å²) in [4.78, 5) is 0. The minimum absolute atomic E-state index is 0.218. The molecular weight excluding hydrogens is 192 g/mol. The van der Waals surface area contributed by atoms with E-state index in [0.717, 1.165) is 38.5 Å². The maximum atomic E-state index is 10.7. The summed E-state index contributed by atoms with van der Waals surface area (Å²) in [5.74, 6) is -0.206. The van der Waals surface area contributed by atoms with Crippen LogP contribution in [0.2, 0.25) is 0 Å². The van der Waals surface area contributed by atoms with Crippen LogP contribution in [-0.2, 0) is 9.47 Å². The third-order valence-electron chi connectivity index (χ3n) is 4.44. The third kappa shape index (κ3) is 1.44. The van der Waals surface area contributed by atoms with E-state index in [1.165, 1.54) is 6.42 Å². The van der Waals surface area contributed by atoms with Gasteiger partial charge >= 0.3 is 0 Å². The van der Waals surface area contributed by atoms with Gasteiger partial charge in [0.2, 0.25) is 0 Å². The van der Waals surface area contributed by atoms with Crippen LogP contribution in [0.1, 0.15) is 44.9 Å². The lowest BCUT2D eigenvalue weighted by Gasteiger charge is -2.51. The van der Waals surface area contributed by atoms with Gasteiger partial charge in [-0.1, -0.05) is 12.8 Å². The van der Waals surface area contributed by atoms with Gasteiger partial charge in [0.1, 0.15) is 0 Å². The van der Waals surface area contributed by atoms with E-state index in [4.69, 9.17) is 9.47 Å². The SMILES string of the molecule is O[C@]12CCCC[C@@H]1C1(CCC2)OCCO1. The molecule has 15 heavy (non-hydrogen) atoms. The molecule has 1 saturated heterocycles. The van der Waals surface area contributed by atoms with Crippen molar-refractivity contribution in [3.63, 3.8) is 0 Å². The highest BCUT2D eigenvalue weighted by Gasteiger charge is 2.56. The van der Waals surface area contributed by atoms with E-state index in [9.17, 15) is 5.11 Å². The second kappa shape index (κ2) is 3.44. The number of ether oxygens (including phenoxy) is 2. The van der Waals surface area contributed by atoms with Gasteiger partial charge in [-0.25, -0.2) is 0 Å². The van der Waals surface area contributed by atoms with Crippen LogP contribution in [0, 0.1) is 5.92 Å². The normalized spacial score (nSPS) is 44.2. The standard InChI is InChI=1S/C12H20O3/c13-11-5-2-1-4-10(11)12(7-3-6-11)14-8-9-15-12/h10,13H,1-9H2/t10-,11-/m0/s1. The summed E-state index contributed by atoms with van der Waals surface area (Å²) in [6.07, 6.45) is 7.31. The maximum absolute atomic E-state index is 10.7. The predicted molar refractivity (Wildman–Crippen MR) is 55.4 cm³/mol. The van der Waals surface area contributed by atoms with E-state index in [0.29, 0.717) is 13.2 Å². The Kier molecular flexibility index (Phi) is 2.31. The number of aliphatic hydroxyl groups is 1. The number of hydrogen-bond donors (Lipinski definition) is 1. The summed E-state index contributed by atoms with van der Waals surface area (Å²) in [7, 11) is 0. The van der Waals surface area contributed by atoms with Crippen molar-refractivity contribution in [2.45, 2.75) is 56.3 Å². The fraction of sp³-hybridized carbons (Fsp3) is 1.00. The zero-order valence-corrected chi connectivity index (χ0v) is 9.21. The van der Waals surface area contributed by atoms with E-state index in [-0.39, 0.29) is 5.92 Å². The van der Waals surface area contributed by atoms with Crippen molar-refractivity contribution in [3.05, 3.63) is 0 Å². The van der Waals surface area contributed by atoms with E-state index >= 15 is 0 Å². The van der Waals surface area contributed by atoms with Gasteiger partial charge in [-0.05, 0) is 25.7 Å². The molecule has 86 valence electrons. The van der Waals surface area contributed by atoms with Gasteiger partial charge in [-0.3, -0.25) is 0 Å². The van der Waals surface area contributed by atoms with Crippen molar-refractivity contribution in [2.75, 3.05) is 13.2 Å². The van der Waals surface area contributed by atoms with Crippen molar-refractivity contribution < 1.29 is 14.6 Å². The molecule has 1 spiro atoms. The van der Waals surface area contributed by atoms with Crippen LogP contribution in [-0.4, -0.2) is 29.7 Å². The van der Waals surface area contributed by atoms with Gasteiger partial charge in [0.05, 0.1) is 18.8 Å². The quantitative estimate of drug-likeness (QED) is 0.666. The molecule has 0 radical (unpaired) electrons. The molecule has 1 heterocycles. The molecule has 0 amide bonds. The molecular formula is C12H20O3. The van der Waals surface area contributed by atoms with Crippen LogP contribution < -0.4 is 0 Å². The lowest BCUT2D eigenvalue weighted by Crippen LogP contribution is -2.57. The van der Waals surface area contributed by atoms with Gasteiger partial charge < -0.3 is 14.6 Å². The first-order chi connectivity index (χ1) is 7.25.